The first-order valence-corrected chi connectivity index (χ1v) is 9.57. The molecule has 0 bridgehead atoms. The molecule has 5 heteroatoms. The van der Waals surface area contributed by atoms with Gasteiger partial charge < -0.3 is 9.47 Å². The van der Waals surface area contributed by atoms with Crippen LogP contribution in [-0.4, -0.2) is 30.5 Å². The van der Waals surface area contributed by atoms with Crippen LogP contribution in [-0.2, 0) is 20.9 Å². The van der Waals surface area contributed by atoms with Crippen molar-refractivity contribution in [1.29, 1.82) is 0 Å². The van der Waals surface area contributed by atoms with E-state index in [4.69, 9.17) is 14.3 Å². The van der Waals surface area contributed by atoms with Gasteiger partial charge in [-0.3, -0.25) is 4.84 Å². The third-order valence-electron chi connectivity index (χ3n) is 4.94. The minimum Gasteiger partial charge on any atom is -0.451 e. The lowest BCUT2D eigenvalue weighted by molar-refractivity contribution is -0.243. The van der Waals surface area contributed by atoms with Gasteiger partial charge in [0.05, 0.1) is 12.1 Å². The van der Waals surface area contributed by atoms with Gasteiger partial charge in [0.2, 0.25) is 6.29 Å². The Bertz CT molecular complexity index is 917. The van der Waals surface area contributed by atoms with E-state index in [0.717, 1.165) is 11.1 Å². The summed E-state index contributed by atoms with van der Waals surface area (Å²) in [4.78, 5) is 18.8. The third-order valence-corrected chi connectivity index (χ3v) is 4.94. The van der Waals surface area contributed by atoms with Gasteiger partial charge in [0.25, 0.3) is 0 Å². The highest BCUT2D eigenvalue weighted by molar-refractivity contribution is 5.89. The molecule has 5 nitrogen and oxygen atoms in total. The normalized spacial score (nSPS) is 21.8. The molecule has 1 heterocycles. The maximum absolute atomic E-state index is 12.8. The molecule has 1 fully saturated rings. The number of rotatable bonds is 6. The monoisotopic (exact) mass is 389 g/mol. The van der Waals surface area contributed by atoms with E-state index in [1.165, 1.54) is 0 Å². The van der Waals surface area contributed by atoms with Crippen LogP contribution in [0.2, 0.25) is 0 Å². The summed E-state index contributed by atoms with van der Waals surface area (Å²) in [5.41, 5.74) is 2.59. The van der Waals surface area contributed by atoms with Crippen LogP contribution < -0.4 is 0 Å². The van der Waals surface area contributed by atoms with Crippen molar-refractivity contribution in [2.24, 2.45) is 0 Å². The van der Waals surface area contributed by atoms with Gasteiger partial charge in [-0.05, 0) is 23.3 Å². The molecule has 3 aromatic carbocycles. The van der Waals surface area contributed by atoms with Crippen molar-refractivity contribution in [3.8, 4) is 0 Å². The number of hydrogen-bond donors (Lipinski definition) is 0. The molecule has 1 aliphatic rings. The Morgan fingerprint density at radius 1 is 0.897 bits per heavy atom. The van der Waals surface area contributed by atoms with Crippen molar-refractivity contribution in [2.75, 3.05) is 7.11 Å². The molecule has 0 radical (unpaired) electrons. The lowest BCUT2D eigenvalue weighted by atomic mass is 10.0. The average Bonchev–Trinajstić information content (AvgIpc) is 3.12. The van der Waals surface area contributed by atoms with E-state index in [-0.39, 0.29) is 6.04 Å². The number of nitrogens with zero attached hydrogens (tertiary/aromatic N) is 1. The average molecular weight is 389 g/mol. The first kappa shape index (κ1) is 19.3. The number of benzene rings is 3. The minimum atomic E-state index is -0.698. The van der Waals surface area contributed by atoms with Gasteiger partial charge in [-0.1, -0.05) is 78.9 Å². The van der Waals surface area contributed by atoms with Gasteiger partial charge in [0, 0.05) is 7.11 Å². The van der Waals surface area contributed by atoms with E-state index >= 15 is 0 Å². The first-order chi connectivity index (χ1) is 14.3. The summed E-state index contributed by atoms with van der Waals surface area (Å²) in [5.74, 6) is -0.399. The second-order valence-electron chi connectivity index (χ2n) is 6.86. The predicted octanol–water partition coefficient (Wildman–Crippen LogP) is 4.37. The van der Waals surface area contributed by atoms with E-state index < -0.39 is 18.4 Å². The Balaban J connectivity index is 1.64. The van der Waals surface area contributed by atoms with Gasteiger partial charge in [-0.2, -0.15) is 5.06 Å². The Hall–Kier alpha value is -2.99. The maximum atomic E-state index is 12.8. The molecule has 0 N–H and O–H groups in total. The molecular weight excluding hydrogens is 366 g/mol. The van der Waals surface area contributed by atoms with Crippen LogP contribution >= 0.6 is 0 Å². The minimum absolute atomic E-state index is 0.297. The topological polar surface area (TPSA) is 48.0 Å². The largest absolute Gasteiger partial charge is 0.451 e. The number of carbonyl (C=O) groups excluding carboxylic acids is 1. The van der Waals surface area contributed by atoms with E-state index in [1.807, 2.05) is 83.9 Å². The van der Waals surface area contributed by atoms with E-state index in [2.05, 4.69) is 0 Å². The third kappa shape index (κ3) is 4.38. The van der Waals surface area contributed by atoms with Gasteiger partial charge in [0.15, 0.2) is 6.10 Å². The van der Waals surface area contributed by atoms with E-state index in [0.29, 0.717) is 12.1 Å². The fraction of sp³-hybridized carbons (Fsp3) is 0.208. The van der Waals surface area contributed by atoms with E-state index in [9.17, 15) is 4.79 Å². The highest BCUT2D eigenvalue weighted by Crippen LogP contribution is 2.38. The molecule has 0 aliphatic carbocycles. The molecule has 4 rings (SSSR count). The fourth-order valence-electron chi connectivity index (χ4n) is 3.54. The smallest absolute Gasteiger partial charge is 0.338 e. The quantitative estimate of drug-likeness (QED) is 0.586. The number of esters is 1. The van der Waals surface area contributed by atoms with E-state index in [1.54, 1.807) is 19.2 Å². The zero-order valence-electron chi connectivity index (χ0n) is 16.2. The SMILES string of the molecule is CO[C@H]1ON(Cc2ccccc2)[C@H](c2ccccc2)[C@@H]1OC(=O)c1ccccc1. The first-order valence-electron chi connectivity index (χ1n) is 9.57. The van der Waals surface area contributed by atoms with Gasteiger partial charge in [-0.25, -0.2) is 4.79 Å². The molecule has 148 valence electrons. The number of methoxy groups -OCH3 is 1. The van der Waals surface area contributed by atoms with Crippen molar-refractivity contribution in [3.05, 3.63) is 108 Å². The Morgan fingerprint density at radius 2 is 1.48 bits per heavy atom. The van der Waals surface area contributed by atoms with Crippen molar-refractivity contribution >= 4 is 5.97 Å². The summed E-state index contributed by atoms with van der Waals surface area (Å²) in [6.45, 7) is 0.541. The van der Waals surface area contributed by atoms with Crippen LogP contribution in [0, 0.1) is 0 Å². The molecule has 1 saturated heterocycles. The molecule has 0 amide bonds. The Kier molecular flexibility index (Phi) is 6.00. The zero-order valence-corrected chi connectivity index (χ0v) is 16.2. The summed E-state index contributed by atoms with van der Waals surface area (Å²) in [6, 6.07) is 28.6. The zero-order chi connectivity index (χ0) is 20.1. The number of hydrogen-bond acceptors (Lipinski definition) is 5. The molecule has 3 aromatic rings. The van der Waals surface area contributed by atoms with Crippen molar-refractivity contribution in [3.63, 3.8) is 0 Å². The predicted molar refractivity (Wildman–Crippen MR) is 109 cm³/mol. The van der Waals surface area contributed by atoms with Crippen LogP contribution in [0.3, 0.4) is 0 Å². The number of ether oxygens (including phenoxy) is 2. The molecule has 0 aromatic heterocycles. The Morgan fingerprint density at radius 3 is 2.10 bits per heavy atom. The van der Waals surface area contributed by atoms with Crippen molar-refractivity contribution < 1.29 is 19.1 Å². The summed E-state index contributed by atoms with van der Waals surface area (Å²) >= 11 is 0. The molecule has 1 aliphatic heterocycles. The number of carbonyl (C=O) groups is 1. The van der Waals surface area contributed by atoms with Crippen LogP contribution in [0.25, 0.3) is 0 Å². The van der Waals surface area contributed by atoms with Crippen LogP contribution in [0.5, 0.6) is 0 Å². The lowest BCUT2D eigenvalue weighted by Gasteiger charge is -2.25. The fourth-order valence-corrected chi connectivity index (χ4v) is 3.54. The van der Waals surface area contributed by atoms with Crippen LogP contribution in [0.4, 0.5) is 0 Å². The molecular formula is C24H23NO4. The summed E-state index contributed by atoms with van der Waals surface area (Å²) < 4.78 is 11.4. The van der Waals surface area contributed by atoms with Crippen LogP contribution in [0.15, 0.2) is 91.0 Å². The van der Waals surface area contributed by atoms with Gasteiger partial charge >= 0.3 is 5.97 Å². The highest BCUT2D eigenvalue weighted by Gasteiger charge is 2.47. The lowest BCUT2D eigenvalue weighted by Crippen LogP contribution is -2.33. The van der Waals surface area contributed by atoms with Crippen molar-refractivity contribution in [2.45, 2.75) is 25.0 Å². The molecule has 0 unspecified atom stereocenters. The Labute approximate surface area is 170 Å². The maximum Gasteiger partial charge on any atom is 0.338 e. The standard InChI is InChI=1S/C24H23NO4/c1-27-24-22(28-23(26)20-15-9-4-10-16-20)21(19-13-7-3-8-14-19)25(29-24)17-18-11-5-2-6-12-18/h2-16,21-22,24H,17H2,1H3/t21-,22+,24+/m1/s1. The van der Waals surface area contributed by atoms with Crippen molar-refractivity contribution in [1.82, 2.24) is 5.06 Å². The molecule has 29 heavy (non-hydrogen) atoms. The number of hydroxylamine groups is 2. The van der Waals surface area contributed by atoms with Gasteiger partial charge in [-0.15, -0.1) is 0 Å². The second kappa shape index (κ2) is 9.01. The summed E-state index contributed by atoms with van der Waals surface area (Å²) in [5, 5.41) is 1.84. The summed E-state index contributed by atoms with van der Waals surface area (Å²) in [6.07, 6.45) is -1.31. The second-order valence-corrected chi connectivity index (χ2v) is 6.86. The molecule has 0 saturated carbocycles. The van der Waals surface area contributed by atoms with Gasteiger partial charge in [0.1, 0.15) is 6.04 Å². The highest BCUT2D eigenvalue weighted by atomic mass is 16.8. The van der Waals surface area contributed by atoms with Crippen LogP contribution in [0.1, 0.15) is 27.5 Å². The molecule has 0 spiro atoms. The molecule has 3 atom stereocenters. The summed E-state index contributed by atoms with van der Waals surface area (Å²) in [7, 11) is 1.56.